The van der Waals surface area contributed by atoms with Gasteiger partial charge in [0, 0.05) is 5.56 Å². The van der Waals surface area contributed by atoms with Crippen molar-refractivity contribution in [3.63, 3.8) is 0 Å². The molecule has 4 heteroatoms. The topological polar surface area (TPSA) is 55.1 Å². The number of hydrogen-bond acceptors (Lipinski definition) is 2. The Morgan fingerprint density at radius 2 is 1.95 bits per heavy atom. The van der Waals surface area contributed by atoms with Crippen LogP contribution < -0.4 is 11.1 Å². The van der Waals surface area contributed by atoms with E-state index in [2.05, 4.69) is 5.32 Å². The number of nitrogens with two attached hydrogens (primary N) is 1. The van der Waals surface area contributed by atoms with Crippen LogP contribution in [0.25, 0.3) is 0 Å². The molecule has 20 heavy (non-hydrogen) atoms. The summed E-state index contributed by atoms with van der Waals surface area (Å²) in [6, 6.07) is 14.8. The molecule has 0 spiro atoms. The van der Waals surface area contributed by atoms with Crippen LogP contribution in [0.4, 0.5) is 5.69 Å². The highest BCUT2D eigenvalue weighted by molar-refractivity contribution is 6.33. The number of hydrogen-bond donors (Lipinski definition) is 2. The van der Waals surface area contributed by atoms with Crippen molar-refractivity contribution < 1.29 is 4.79 Å². The van der Waals surface area contributed by atoms with Gasteiger partial charge in [-0.3, -0.25) is 4.79 Å². The molecule has 104 valence electrons. The van der Waals surface area contributed by atoms with Gasteiger partial charge in [-0.15, -0.1) is 0 Å². The molecule has 2 aromatic carbocycles. The lowest BCUT2D eigenvalue weighted by atomic mass is 10.0. The molecule has 0 radical (unpaired) electrons. The highest BCUT2D eigenvalue weighted by Crippen LogP contribution is 2.21. The number of carbonyl (C=O) groups is 1. The fourth-order valence-electron chi connectivity index (χ4n) is 2.02. The average molecular weight is 289 g/mol. The molecule has 1 atom stereocenters. The van der Waals surface area contributed by atoms with E-state index in [4.69, 9.17) is 17.3 Å². The van der Waals surface area contributed by atoms with Gasteiger partial charge >= 0.3 is 0 Å². The lowest BCUT2D eigenvalue weighted by Gasteiger charge is -2.17. The number of nitrogen functional groups attached to an aromatic ring is 1. The molecule has 3 N–H and O–H groups in total. The highest BCUT2D eigenvalue weighted by atomic mass is 35.5. The first-order valence-corrected chi connectivity index (χ1v) is 6.90. The lowest BCUT2D eigenvalue weighted by Crippen LogP contribution is -2.28. The summed E-state index contributed by atoms with van der Waals surface area (Å²) in [6.45, 7) is 2.04. The van der Waals surface area contributed by atoms with Crippen LogP contribution >= 0.6 is 11.6 Å². The number of benzene rings is 2. The van der Waals surface area contributed by atoms with Gasteiger partial charge in [-0.25, -0.2) is 0 Å². The third kappa shape index (κ3) is 3.31. The molecule has 3 nitrogen and oxygen atoms in total. The quantitative estimate of drug-likeness (QED) is 0.841. The zero-order chi connectivity index (χ0) is 14.5. The van der Waals surface area contributed by atoms with Gasteiger partial charge < -0.3 is 11.1 Å². The van der Waals surface area contributed by atoms with E-state index in [0.29, 0.717) is 16.3 Å². The van der Waals surface area contributed by atoms with Crippen molar-refractivity contribution in [3.05, 3.63) is 64.7 Å². The average Bonchev–Trinajstić information content (AvgIpc) is 2.48. The summed E-state index contributed by atoms with van der Waals surface area (Å²) in [7, 11) is 0. The van der Waals surface area contributed by atoms with Gasteiger partial charge in [-0.05, 0) is 30.2 Å². The minimum atomic E-state index is -0.150. The van der Waals surface area contributed by atoms with E-state index in [-0.39, 0.29) is 11.9 Å². The van der Waals surface area contributed by atoms with Crippen LogP contribution in [-0.2, 0) is 0 Å². The minimum Gasteiger partial charge on any atom is -0.398 e. The zero-order valence-electron chi connectivity index (χ0n) is 11.3. The third-order valence-electron chi connectivity index (χ3n) is 3.18. The zero-order valence-corrected chi connectivity index (χ0v) is 12.0. The highest BCUT2D eigenvalue weighted by Gasteiger charge is 2.14. The number of carbonyl (C=O) groups excluding carboxylic acids is 1. The summed E-state index contributed by atoms with van der Waals surface area (Å²) in [5.41, 5.74) is 7.71. The summed E-state index contributed by atoms with van der Waals surface area (Å²) < 4.78 is 0. The number of nitrogens with one attached hydrogen (secondary N) is 1. The Hall–Kier alpha value is -2.00. The second-order valence-electron chi connectivity index (χ2n) is 4.58. The molecule has 2 rings (SSSR count). The Labute approximate surface area is 123 Å². The van der Waals surface area contributed by atoms with E-state index in [1.807, 2.05) is 37.3 Å². The summed E-state index contributed by atoms with van der Waals surface area (Å²) in [5.74, 6) is -0.150. The molecule has 0 aliphatic carbocycles. The Balaban J connectivity index is 2.15. The Morgan fingerprint density at radius 1 is 1.25 bits per heavy atom. The van der Waals surface area contributed by atoms with E-state index in [9.17, 15) is 4.79 Å². The van der Waals surface area contributed by atoms with Crippen molar-refractivity contribution in [2.45, 2.75) is 19.4 Å². The summed E-state index contributed by atoms with van der Waals surface area (Å²) >= 11 is 5.94. The van der Waals surface area contributed by atoms with Crippen molar-refractivity contribution >= 4 is 23.2 Å². The van der Waals surface area contributed by atoms with Crippen molar-refractivity contribution in [2.24, 2.45) is 0 Å². The minimum absolute atomic E-state index is 0.0139. The molecule has 0 bridgehead atoms. The molecule has 1 amide bonds. The predicted molar refractivity (Wildman–Crippen MR) is 82.8 cm³/mol. The van der Waals surface area contributed by atoms with Gasteiger partial charge in [0.2, 0.25) is 0 Å². The second-order valence-corrected chi connectivity index (χ2v) is 4.99. The van der Waals surface area contributed by atoms with Gasteiger partial charge in [0.15, 0.2) is 0 Å². The second kappa shape index (κ2) is 6.44. The SMILES string of the molecule is CCC(NC(=O)c1ccc(N)c(Cl)c1)c1ccccc1. The first-order valence-electron chi connectivity index (χ1n) is 6.52. The maximum Gasteiger partial charge on any atom is 0.251 e. The fraction of sp³-hybridized carbons (Fsp3) is 0.188. The Kier molecular flexibility index (Phi) is 4.64. The summed E-state index contributed by atoms with van der Waals surface area (Å²) in [5, 5.41) is 3.40. The van der Waals surface area contributed by atoms with Crippen LogP contribution in [0.1, 0.15) is 35.3 Å². The molecule has 0 heterocycles. The molecule has 0 aliphatic heterocycles. The molecule has 0 aliphatic rings. The molecule has 1 unspecified atom stereocenters. The van der Waals surface area contributed by atoms with Crippen LogP contribution in [0.15, 0.2) is 48.5 Å². The molecular formula is C16H17ClN2O. The van der Waals surface area contributed by atoms with Crippen LogP contribution in [0.2, 0.25) is 5.02 Å². The van der Waals surface area contributed by atoms with E-state index >= 15 is 0 Å². The number of anilines is 1. The normalized spacial score (nSPS) is 11.9. The Bertz CT molecular complexity index is 599. The number of amides is 1. The molecular weight excluding hydrogens is 272 g/mol. The lowest BCUT2D eigenvalue weighted by molar-refractivity contribution is 0.0935. The summed E-state index contributed by atoms with van der Waals surface area (Å²) in [4.78, 5) is 12.2. The van der Waals surface area contributed by atoms with Crippen LogP contribution in [-0.4, -0.2) is 5.91 Å². The van der Waals surface area contributed by atoms with E-state index in [0.717, 1.165) is 12.0 Å². The van der Waals surface area contributed by atoms with Crippen LogP contribution in [0, 0.1) is 0 Å². The molecule has 0 aromatic heterocycles. The van der Waals surface area contributed by atoms with E-state index < -0.39 is 0 Å². The molecule has 2 aromatic rings. The summed E-state index contributed by atoms with van der Waals surface area (Å²) in [6.07, 6.45) is 0.818. The van der Waals surface area contributed by atoms with Gasteiger partial charge in [-0.2, -0.15) is 0 Å². The smallest absolute Gasteiger partial charge is 0.251 e. The van der Waals surface area contributed by atoms with Gasteiger partial charge in [-0.1, -0.05) is 48.9 Å². The van der Waals surface area contributed by atoms with Crippen molar-refractivity contribution in [1.29, 1.82) is 0 Å². The monoisotopic (exact) mass is 288 g/mol. The first kappa shape index (κ1) is 14.4. The fourth-order valence-corrected chi connectivity index (χ4v) is 2.20. The van der Waals surface area contributed by atoms with Gasteiger partial charge in [0.25, 0.3) is 5.91 Å². The third-order valence-corrected chi connectivity index (χ3v) is 3.51. The first-order chi connectivity index (χ1) is 9.61. The van der Waals surface area contributed by atoms with Crippen molar-refractivity contribution in [1.82, 2.24) is 5.32 Å². The standard InChI is InChI=1S/C16H17ClN2O/c1-2-15(11-6-4-3-5-7-11)19-16(20)12-8-9-14(18)13(17)10-12/h3-10,15H,2,18H2,1H3,(H,19,20). The van der Waals surface area contributed by atoms with Crippen molar-refractivity contribution in [2.75, 3.05) is 5.73 Å². The molecule has 0 fully saturated rings. The van der Waals surface area contributed by atoms with Crippen molar-refractivity contribution in [3.8, 4) is 0 Å². The van der Waals surface area contributed by atoms with Gasteiger partial charge in [0.1, 0.15) is 0 Å². The van der Waals surface area contributed by atoms with E-state index in [1.165, 1.54) is 0 Å². The molecule has 0 saturated heterocycles. The number of rotatable bonds is 4. The van der Waals surface area contributed by atoms with Crippen LogP contribution in [0.5, 0.6) is 0 Å². The van der Waals surface area contributed by atoms with Gasteiger partial charge in [0.05, 0.1) is 16.8 Å². The Morgan fingerprint density at radius 3 is 2.55 bits per heavy atom. The number of halogens is 1. The largest absolute Gasteiger partial charge is 0.398 e. The maximum absolute atomic E-state index is 12.2. The maximum atomic E-state index is 12.2. The molecule has 0 saturated carbocycles. The van der Waals surface area contributed by atoms with Crippen LogP contribution in [0.3, 0.4) is 0 Å². The predicted octanol–water partition coefficient (Wildman–Crippen LogP) is 3.80. The van der Waals surface area contributed by atoms with E-state index in [1.54, 1.807) is 18.2 Å².